The molecule has 2 atom stereocenters. The lowest BCUT2D eigenvalue weighted by atomic mass is 9.86. The Kier molecular flexibility index (Phi) is 6.23. The lowest BCUT2D eigenvalue weighted by molar-refractivity contribution is -0.0199. The molecule has 0 saturated heterocycles. The van der Waals surface area contributed by atoms with E-state index in [1.807, 2.05) is 18.7 Å². The van der Waals surface area contributed by atoms with Crippen LogP contribution in [-0.2, 0) is 13.5 Å². The van der Waals surface area contributed by atoms with Crippen LogP contribution in [0.5, 0.6) is 0 Å². The number of aromatic nitrogens is 2. The second-order valence-electron chi connectivity index (χ2n) is 5.57. The summed E-state index contributed by atoms with van der Waals surface area (Å²) in [6, 6.07) is 0. The molecule has 1 heterocycles. The predicted molar refractivity (Wildman–Crippen MR) is 87.0 cm³/mol. The van der Waals surface area contributed by atoms with Crippen molar-refractivity contribution in [3.05, 3.63) is 15.9 Å². The highest BCUT2D eigenvalue weighted by Gasteiger charge is 2.36. The highest BCUT2D eigenvalue weighted by molar-refractivity contribution is 9.10. The van der Waals surface area contributed by atoms with Gasteiger partial charge in [-0.15, -0.1) is 0 Å². The molecular formula is C15H28BrN3O. The Morgan fingerprint density at radius 2 is 1.90 bits per heavy atom. The topological polar surface area (TPSA) is 41.3 Å². The molecule has 0 fully saturated rings. The summed E-state index contributed by atoms with van der Waals surface area (Å²) < 4.78 is 2.87. The molecule has 1 rings (SSSR count). The predicted octanol–water partition coefficient (Wildman–Crippen LogP) is 2.90. The zero-order valence-electron chi connectivity index (χ0n) is 13.6. The van der Waals surface area contributed by atoms with E-state index in [-0.39, 0.29) is 5.54 Å². The summed E-state index contributed by atoms with van der Waals surface area (Å²) in [5.74, 6) is 0. The molecule has 0 saturated carbocycles. The molecule has 1 aromatic rings. The van der Waals surface area contributed by atoms with Crippen molar-refractivity contribution < 1.29 is 5.11 Å². The van der Waals surface area contributed by atoms with E-state index in [0.29, 0.717) is 6.42 Å². The fourth-order valence-corrected chi connectivity index (χ4v) is 3.42. The third-order valence-corrected chi connectivity index (χ3v) is 5.60. The summed E-state index contributed by atoms with van der Waals surface area (Å²) in [5, 5.41) is 15.2. The van der Waals surface area contributed by atoms with Crippen LogP contribution in [0, 0.1) is 6.92 Å². The van der Waals surface area contributed by atoms with Crippen molar-refractivity contribution in [1.29, 1.82) is 0 Å². The highest BCUT2D eigenvalue weighted by Crippen LogP contribution is 2.29. The van der Waals surface area contributed by atoms with Crippen molar-refractivity contribution in [2.24, 2.45) is 7.05 Å². The van der Waals surface area contributed by atoms with Gasteiger partial charge < -0.3 is 5.11 Å². The maximum atomic E-state index is 10.8. The van der Waals surface area contributed by atoms with Crippen molar-refractivity contribution in [3.63, 3.8) is 0 Å². The Morgan fingerprint density at radius 3 is 2.25 bits per heavy atom. The zero-order chi connectivity index (χ0) is 15.5. The number of aryl methyl sites for hydroxylation is 2. The minimum absolute atomic E-state index is 0.207. The van der Waals surface area contributed by atoms with Crippen LogP contribution in [0.4, 0.5) is 0 Å². The van der Waals surface area contributed by atoms with E-state index in [0.717, 1.165) is 35.4 Å². The molecule has 1 N–H and O–H groups in total. The number of hydrogen-bond donors (Lipinski definition) is 1. The molecule has 0 aliphatic heterocycles. The second kappa shape index (κ2) is 7.05. The van der Waals surface area contributed by atoms with E-state index < -0.39 is 6.10 Å². The Labute approximate surface area is 131 Å². The Morgan fingerprint density at radius 1 is 1.35 bits per heavy atom. The first-order chi connectivity index (χ1) is 9.31. The lowest BCUT2D eigenvalue weighted by Gasteiger charge is -2.43. The maximum Gasteiger partial charge on any atom is 0.0776 e. The van der Waals surface area contributed by atoms with Crippen LogP contribution < -0.4 is 0 Å². The van der Waals surface area contributed by atoms with Crippen molar-refractivity contribution >= 4 is 15.9 Å². The van der Waals surface area contributed by atoms with Gasteiger partial charge >= 0.3 is 0 Å². The first-order valence-corrected chi connectivity index (χ1v) is 8.22. The van der Waals surface area contributed by atoms with Gasteiger partial charge in [0, 0.05) is 19.0 Å². The Balaban J connectivity index is 3.00. The van der Waals surface area contributed by atoms with Crippen LogP contribution in [0.1, 0.15) is 45.5 Å². The van der Waals surface area contributed by atoms with Gasteiger partial charge in [0.15, 0.2) is 0 Å². The van der Waals surface area contributed by atoms with E-state index in [4.69, 9.17) is 0 Å². The minimum atomic E-state index is -0.418. The average Bonchev–Trinajstić information content (AvgIpc) is 2.66. The van der Waals surface area contributed by atoms with Crippen molar-refractivity contribution in [2.75, 3.05) is 13.1 Å². The van der Waals surface area contributed by atoms with E-state index in [9.17, 15) is 5.11 Å². The summed E-state index contributed by atoms with van der Waals surface area (Å²) >= 11 is 3.58. The molecule has 0 radical (unpaired) electrons. The number of hydrogen-bond acceptors (Lipinski definition) is 3. The molecule has 0 spiro atoms. The summed E-state index contributed by atoms with van der Waals surface area (Å²) in [6.45, 7) is 12.5. The molecule has 0 amide bonds. The van der Waals surface area contributed by atoms with E-state index in [2.05, 4.69) is 53.6 Å². The number of nitrogens with zero attached hydrogens (tertiary/aromatic N) is 3. The van der Waals surface area contributed by atoms with Gasteiger partial charge in [-0.25, -0.2) is 0 Å². The molecule has 5 heteroatoms. The average molecular weight is 346 g/mol. The number of halogens is 1. The number of aliphatic hydroxyl groups excluding tert-OH is 1. The minimum Gasteiger partial charge on any atom is -0.391 e. The van der Waals surface area contributed by atoms with Crippen LogP contribution in [0.25, 0.3) is 0 Å². The lowest BCUT2D eigenvalue weighted by Crippen LogP contribution is -2.55. The summed E-state index contributed by atoms with van der Waals surface area (Å²) in [5.41, 5.74) is 1.82. The van der Waals surface area contributed by atoms with Gasteiger partial charge in [-0.05, 0) is 49.3 Å². The van der Waals surface area contributed by atoms with E-state index in [1.54, 1.807) is 0 Å². The number of aliphatic hydroxyl groups is 1. The van der Waals surface area contributed by atoms with Crippen LogP contribution in [0.15, 0.2) is 4.47 Å². The molecule has 2 unspecified atom stereocenters. The van der Waals surface area contributed by atoms with Crippen molar-refractivity contribution in [1.82, 2.24) is 14.7 Å². The van der Waals surface area contributed by atoms with Gasteiger partial charge in [0.2, 0.25) is 0 Å². The molecule has 0 aliphatic rings. The van der Waals surface area contributed by atoms with E-state index in [1.165, 1.54) is 0 Å². The van der Waals surface area contributed by atoms with Crippen LogP contribution in [-0.4, -0.2) is 44.5 Å². The first kappa shape index (κ1) is 17.7. The largest absolute Gasteiger partial charge is 0.391 e. The monoisotopic (exact) mass is 345 g/mol. The SMILES string of the molecule is CCN(CC)C(C)(CC)C(O)Cc1c(Br)c(C)nn1C. The molecular weight excluding hydrogens is 318 g/mol. The van der Waals surface area contributed by atoms with Gasteiger partial charge in [-0.2, -0.15) is 5.10 Å². The smallest absolute Gasteiger partial charge is 0.0776 e. The third kappa shape index (κ3) is 3.26. The molecule has 0 aromatic carbocycles. The molecule has 0 bridgehead atoms. The number of likely N-dealkylation sites (N-methyl/N-ethyl adjacent to an activating group) is 1. The maximum absolute atomic E-state index is 10.8. The Hall–Kier alpha value is -0.390. The zero-order valence-corrected chi connectivity index (χ0v) is 15.2. The standard InChI is InChI=1S/C15H28BrN3O/c1-7-15(5,19(8-2)9-3)13(20)10-12-14(16)11(4)17-18(12)6/h13,20H,7-10H2,1-6H3. The highest BCUT2D eigenvalue weighted by atomic mass is 79.9. The molecule has 116 valence electrons. The van der Waals surface area contributed by atoms with Gasteiger partial charge in [0.25, 0.3) is 0 Å². The molecule has 20 heavy (non-hydrogen) atoms. The molecule has 0 aliphatic carbocycles. The summed E-state index contributed by atoms with van der Waals surface area (Å²) in [7, 11) is 1.93. The summed E-state index contributed by atoms with van der Waals surface area (Å²) in [6.07, 6.45) is 1.11. The van der Waals surface area contributed by atoms with Crippen molar-refractivity contribution in [2.45, 2.75) is 59.1 Å². The Bertz CT molecular complexity index is 443. The first-order valence-electron chi connectivity index (χ1n) is 7.42. The fourth-order valence-electron chi connectivity index (χ4n) is 2.92. The van der Waals surface area contributed by atoms with Crippen molar-refractivity contribution in [3.8, 4) is 0 Å². The third-order valence-electron chi connectivity index (χ3n) is 4.57. The van der Waals surface area contributed by atoms with Crippen LogP contribution in [0.3, 0.4) is 0 Å². The van der Waals surface area contributed by atoms with Gasteiger partial charge in [-0.1, -0.05) is 20.8 Å². The van der Waals surface area contributed by atoms with Gasteiger partial charge in [0.05, 0.1) is 22.0 Å². The van der Waals surface area contributed by atoms with E-state index >= 15 is 0 Å². The summed E-state index contributed by atoms with van der Waals surface area (Å²) in [4.78, 5) is 2.34. The normalized spacial score (nSPS) is 16.4. The van der Waals surface area contributed by atoms with Crippen LogP contribution >= 0.6 is 15.9 Å². The van der Waals surface area contributed by atoms with Gasteiger partial charge in [-0.3, -0.25) is 9.58 Å². The molecule has 4 nitrogen and oxygen atoms in total. The molecule has 1 aromatic heterocycles. The quantitative estimate of drug-likeness (QED) is 0.825. The number of rotatable bonds is 7. The van der Waals surface area contributed by atoms with Crippen LogP contribution in [0.2, 0.25) is 0 Å². The fraction of sp³-hybridized carbons (Fsp3) is 0.800. The second-order valence-corrected chi connectivity index (χ2v) is 6.37. The van der Waals surface area contributed by atoms with Gasteiger partial charge in [0.1, 0.15) is 0 Å².